The van der Waals surface area contributed by atoms with E-state index in [0.29, 0.717) is 0 Å². The molecule has 2 rings (SSSR count). The zero-order valence-corrected chi connectivity index (χ0v) is 11.7. The summed E-state index contributed by atoms with van der Waals surface area (Å²) in [7, 11) is 2.00. The molecule has 1 heterocycles. The van der Waals surface area contributed by atoms with Crippen LogP contribution in [0.25, 0.3) is 0 Å². The zero-order valence-electron chi connectivity index (χ0n) is 9.33. The summed E-state index contributed by atoms with van der Waals surface area (Å²) in [6.45, 7) is 2.14. The van der Waals surface area contributed by atoms with Gasteiger partial charge in [-0.3, -0.25) is 0 Å². The molecular weight excluding hydrogens is 282 g/mol. The fourth-order valence-electron chi connectivity index (χ4n) is 1.80. The minimum atomic E-state index is 0.290. The molecule has 0 bridgehead atoms. The molecule has 1 aromatic carbocycles. The molecule has 1 atom stereocenters. The molecule has 0 fully saturated rings. The lowest BCUT2D eigenvalue weighted by atomic mass is 10.0. The Balaban J connectivity index is 2.32. The highest BCUT2D eigenvalue weighted by molar-refractivity contribution is 9.10. The molecule has 3 heteroatoms. The first-order valence-electron chi connectivity index (χ1n) is 5.18. The molecule has 0 aliphatic carbocycles. The molecule has 1 N–H and O–H groups in total. The van der Waals surface area contributed by atoms with Crippen LogP contribution >= 0.6 is 27.3 Å². The predicted octanol–water partition coefficient (Wildman–Crippen LogP) is 4.13. The second-order valence-electron chi connectivity index (χ2n) is 3.76. The number of rotatable bonds is 3. The van der Waals surface area contributed by atoms with Gasteiger partial charge in [-0.05, 0) is 48.7 Å². The van der Waals surface area contributed by atoms with Crippen molar-refractivity contribution in [2.45, 2.75) is 13.0 Å². The minimum Gasteiger partial charge on any atom is -0.309 e. The summed E-state index contributed by atoms with van der Waals surface area (Å²) in [5.74, 6) is 0. The molecule has 1 nitrogen and oxygen atoms in total. The van der Waals surface area contributed by atoms with Crippen LogP contribution in [0.1, 0.15) is 22.0 Å². The molecule has 1 aromatic heterocycles. The highest BCUT2D eigenvalue weighted by Gasteiger charge is 2.12. The first-order valence-corrected chi connectivity index (χ1v) is 6.85. The summed E-state index contributed by atoms with van der Waals surface area (Å²) in [6.07, 6.45) is 0. The van der Waals surface area contributed by atoms with Gasteiger partial charge in [0.1, 0.15) is 0 Å². The van der Waals surface area contributed by atoms with Gasteiger partial charge in [0.2, 0.25) is 0 Å². The molecule has 0 saturated carbocycles. The average Bonchev–Trinajstić information content (AvgIpc) is 2.69. The van der Waals surface area contributed by atoms with Crippen LogP contribution in [0.3, 0.4) is 0 Å². The Bertz CT molecular complexity index is 461. The first-order chi connectivity index (χ1) is 7.70. The molecule has 0 spiro atoms. The Hall–Kier alpha value is -0.640. The predicted molar refractivity (Wildman–Crippen MR) is 74.1 cm³/mol. The average molecular weight is 296 g/mol. The highest BCUT2D eigenvalue weighted by Crippen LogP contribution is 2.26. The number of thiophene rings is 1. The SMILES string of the molecule is CNC(c1ccc(Br)cc1)c1csc(C)c1. The lowest BCUT2D eigenvalue weighted by molar-refractivity contribution is 0.694. The van der Waals surface area contributed by atoms with Gasteiger partial charge in [-0.15, -0.1) is 11.3 Å². The summed E-state index contributed by atoms with van der Waals surface area (Å²) in [6, 6.07) is 11.0. The molecule has 0 aliphatic rings. The van der Waals surface area contributed by atoms with Crippen molar-refractivity contribution in [3.05, 3.63) is 56.2 Å². The topological polar surface area (TPSA) is 12.0 Å². The van der Waals surface area contributed by atoms with Gasteiger partial charge in [0.05, 0.1) is 6.04 Å². The van der Waals surface area contributed by atoms with Gasteiger partial charge in [0.25, 0.3) is 0 Å². The van der Waals surface area contributed by atoms with Crippen LogP contribution in [-0.2, 0) is 0 Å². The normalized spacial score (nSPS) is 12.7. The van der Waals surface area contributed by atoms with E-state index in [9.17, 15) is 0 Å². The van der Waals surface area contributed by atoms with Crippen LogP contribution in [0.5, 0.6) is 0 Å². The second-order valence-corrected chi connectivity index (χ2v) is 5.79. The van der Waals surface area contributed by atoms with E-state index in [-0.39, 0.29) is 6.04 Å². The fourth-order valence-corrected chi connectivity index (χ4v) is 2.79. The molecule has 2 aromatic rings. The van der Waals surface area contributed by atoms with Gasteiger partial charge in [-0.2, -0.15) is 0 Å². The van der Waals surface area contributed by atoms with Crippen LogP contribution in [0, 0.1) is 6.92 Å². The maximum atomic E-state index is 3.46. The van der Waals surface area contributed by atoms with Crippen LogP contribution in [-0.4, -0.2) is 7.05 Å². The number of halogens is 1. The number of nitrogens with one attached hydrogen (secondary N) is 1. The summed E-state index contributed by atoms with van der Waals surface area (Å²) >= 11 is 5.26. The minimum absolute atomic E-state index is 0.290. The van der Waals surface area contributed by atoms with Crippen molar-refractivity contribution in [3.8, 4) is 0 Å². The molecular formula is C13H14BrNS. The van der Waals surface area contributed by atoms with E-state index in [2.05, 4.69) is 63.9 Å². The molecule has 0 radical (unpaired) electrons. The lowest BCUT2D eigenvalue weighted by Crippen LogP contribution is -2.16. The number of hydrogen-bond donors (Lipinski definition) is 1. The van der Waals surface area contributed by atoms with Gasteiger partial charge in [-0.1, -0.05) is 28.1 Å². The molecule has 1 unspecified atom stereocenters. The Morgan fingerprint density at radius 1 is 1.19 bits per heavy atom. The van der Waals surface area contributed by atoms with Crippen molar-refractivity contribution < 1.29 is 0 Å². The van der Waals surface area contributed by atoms with E-state index >= 15 is 0 Å². The van der Waals surface area contributed by atoms with Crippen LogP contribution in [0.4, 0.5) is 0 Å². The molecule has 84 valence electrons. The second kappa shape index (κ2) is 5.13. The van der Waals surface area contributed by atoms with Crippen molar-refractivity contribution in [2.24, 2.45) is 0 Å². The number of hydrogen-bond acceptors (Lipinski definition) is 2. The zero-order chi connectivity index (χ0) is 11.5. The highest BCUT2D eigenvalue weighted by atomic mass is 79.9. The van der Waals surface area contributed by atoms with E-state index in [1.54, 1.807) is 11.3 Å². The maximum Gasteiger partial charge on any atom is 0.0582 e. The summed E-state index contributed by atoms with van der Waals surface area (Å²) < 4.78 is 1.12. The first kappa shape index (κ1) is 11.8. The van der Waals surface area contributed by atoms with E-state index in [4.69, 9.17) is 0 Å². The maximum absolute atomic E-state index is 3.46. The Kier molecular flexibility index (Phi) is 3.79. The smallest absolute Gasteiger partial charge is 0.0582 e. The van der Waals surface area contributed by atoms with Crippen LogP contribution in [0.15, 0.2) is 40.2 Å². The van der Waals surface area contributed by atoms with Crippen molar-refractivity contribution in [3.63, 3.8) is 0 Å². The molecule has 0 amide bonds. The number of aryl methyl sites for hydroxylation is 1. The van der Waals surface area contributed by atoms with E-state index < -0.39 is 0 Å². The standard InChI is InChI=1S/C13H14BrNS/c1-9-7-11(8-16-9)13(15-2)10-3-5-12(14)6-4-10/h3-8,13,15H,1-2H3. The van der Waals surface area contributed by atoms with Gasteiger partial charge in [0.15, 0.2) is 0 Å². The number of benzene rings is 1. The molecule has 16 heavy (non-hydrogen) atoms. The third-order valence-corrected chi connectivity index (χ3v) is 3.98. The Labute approximate surface area is 109 Å². The summed E-state index contributed by atoms with van der Waals surface area (Å²) in [5.41, 5.74) is 2.64. The quantitative estimate of drug-likeness (QED) is 0.898. The van der Waals surface area contributed by atoms with Crippen molar-refractivity contribution >= 4 is 27.3 Å². The van der Waals surface area contributed by atoms with E-state index in [0.717, 1.165) is 4.47 Å². The fraction of sp³-hybridized carbons (Fsp3) is 0.231. The molecule has 0 aliphatic heterocycles. The Morgan fingerprint density at radius 2 is 1.88 bits per heavy atom. The van der Waals surface area contributed by atoms with Gasteiger partial charge < -0.3 is 5.32 Å². The summed E-state index contributed by atoms with van der Waals surface area (Å²) in [5, 5.41) is 5.58. The van der Waals surface area contributed by atoms with Gasteiger partial charge in [-0.25, -0.2) is 0 Å². The molecule has 0 saturated heterocycles. The third-order valence-electron chi connectivity index (χ3n) is 2.58. The Morgan fingerprint density at radius 3 is 2.38 bits per heavy atom. The van der Waals surface area contributed by atoms with Crippen molar-refractivity contribution in [1.82, 2.24) is 5.32 Å². The third kappa shape index (κ3) is 2.54. The lowest BCUT2D eigenvalue weighted by Gasteiger charge is -2.15. The van der Waals surface area contributed by atoms with Crippen LogP contribution < -0.4 is 5.32 Å². The van der Waals surface area contributed by atoms with E-state index in [1.807, 2.05) is 7.05 Å². The summed E-state index contributed by atoms with van der Waals surface area (Å²) in [4.78, 5) is 1.35. The van der Waals surface area contributed by atoms with Gasteiger partial charge in [0, 0.05) is 9.35 Å². The van der Waals surface area contributed by atoms with Crippen molar-refractivity contribution in [2.75, 3.05) is 7.05 Å². The van der Waals surface area contributed by atoms with Gasteiger partial charge >= 0.3 is 0 Å². The van der Waals surface area contributed by atoms with Crippen molar-refractivity contribution in [1.29, 1.82) is 0 Å². The largest absolute Gasteiger partial charge is 0.309 e. The van der Waals surface area contributed by atoms with Crippen LogP contribution in [0.2, 0.25) is 0 Å². The van der Waals surface area contributed by atoms with E-state index in [1.165, 1.54) is 16.0 Å². The monoisotopic (exact) mass is 295 g/mol.